The fraction of sp³-hybridized carbons (Fsp3) is 0.188. The predicted molar refractivity (Wildman–Crippen MR) is 91.2 cm³/mol. The Bertz CT molecular complexity index is 877. The number of rotatable bonds is 4. The van der Waals surface area contributed by atoms with E-state index in [0.29, 0.717) is 32.9 Å². The minimum atomic E-state index is 0.301. The lowest BCUT2D eigenvalue weighted by Gasteiger charge is -2.13. The molecular formula is C16H14Cl2N2O3. The smallest absolute Gasteiger partial charge is 0.159 e. The van der Waals surface area contributed by atoms with Crippen molar-refractivity contribution in [2.24, 2.45) is 0 Å². The van der Waals surface area contributed by atoms with Crippen molar-refractivity contribution < 1.29 is 14.2 Å². The number of hydrogen-bond donors (Lipinski definition) is 1. The van der Waals surface area contributed by atoms with Gasteiger partial charge in [-0.05, 0) is 18.2 Å². The van der Waals surface area contributed by atoms with Gasteiger partial charge in [0.1, 0.15) is 16.6 Å². The second-order valence-corrected chi connectivity index (χ2v) is 5.54. The van der Waals surface area contributed by atoms with Gasteiger partial charge in [-0.1, -0.05) is 23.2 Å². The van der Waals surface area contributed by atoms with Gasteiger partial charge in [-0.25, -0.2) is 4.98 Å². The number of fused-ring (bicyclic) bond motifs is 1. The van der Waals surface area contributed by atoms with Gasteiger partial charge in [0.05, 0.1) is 42.9 Å². The van der Waals surface area contributed by atoms with Crippen molar-refractivity contribution in [3.05, 3.63) is 34.3 Å². The molecule has 5 nitrogen and oxygen atoms in total. The molecule has 23 heavy (non-hydrogen) atoms. The molecule has 2 aromatic carbocycles. The van der Waals surface area contributed by atoms with E-state index in [0.717, 1.165) is 16.8 Å². The maximum absolute atomic E-state index is 6.32. The molecular weight excluding hydrogens is 339 g/mol. The van der Waals surface area contributed by atoms with Gasteiger partial charge in [0, 0.05) is 6.07 Å². The maximum atomic E-state index is 6.32. The zero-order valence-electron chi connectivity index (χ0n) is 12.7. The highest BCUT2D eigenvalue weighted by Gasteiger charge is 2.20. The lowest BCUT2D eigenvalue weighted by Crippen LogP contribution is -1.94. The lowest BCUT2D eigenvalue weighted by atomic mass is 10.1. The van der Waals surface area contributed by atoms with E-state index >= 15 is 0 Å². The van der Waals surface area contributed by atoms with Crippen LogP contribution in [0.3, 0.4) is 0 Å². The van der Waals surface area contributed by atoms with Crippen LogP contribution in [0.5, 0.6) is 17.2 Å². The Hall–Kier alpha value is -2.11. The molecule has 0 aliphatic carbocycles. The third-order valence-electron chi connectivity index (χ3n) is 3.48. The van der Waals surface area contributed by atoms with Crippen molar-refractivity contribution in [3.8, 4) is 28.6 Å². The van der Waals surface area contributed by atoms with Crippen molar-refractivity contribution in [1.82, 2.24) is 9.97 Å². The van der Waals surface area contributed by atoms with E-state index in [2.05, 4.69) is 9.97 Å². The maximum Gasteiger partial charge on any atom is 0.159 e. The van der Waals surface area contributed by atoms with Crippen LogP contribution in [-0.4, -0.2) is 31.3 Å². The standard InChI is InChI=1S/C16H14Cl2N2O3/c1-21-8-4-5-11-12(6-8)20-16(19-11)9-7-10(17)15(23-3)13(18)14(9)22-2/h4-7H,1-3H3,(H,19,20). The van der Waals surface area contributed by atoms with Gasteiger partial charge >= 0.3 is 0 Å². The number of ether oxygens (including phenoxy) is 3. The first kappa shape index (κ1) is 15.8. The Labute approximate surface area is 143 Å². The van der Waals surface area contributed by atoms with Crippen LogP contribution in [0.1, 0.15) is 0 Å². The molecule has 0 spiro atoms. The first-order chi connectivity index (χ1) is 11.1. The van der Waals surface area contributed by atoms with Gasteiger partial charge in [0.2, 0.25) is 0 Å². The quantitative estimate of drug-likeness (QED) is 0.747. The monoisotopic (exact) mass is 352 g/mol. The van der Waals surface area contributed by atoms with E-state index in [1.54, 1.807) is 13.2 Å². The largest absolute Gasteiger partial charge is 0.497 e. The second kappa shape index (κ2) is 6.18. The molecule has 7 heteroatoms. The first-order valence-electron chi connectivity index (χ1n) is 6.73. The number of nitrogens with zero attached hydrogens (tertiary/aromatic N) is 1. The van der Waals surface area contributed by atoms with E-state index in [1.165, 1.54) is 14.2 Å². The summed E-state index contributed by atoms with van der Waals surface area (Å²) in [6, 6.07) is 7.29. The Morgan fingerprint density at radius 3 is 2.35 bits per heavy atom. The number of nitrogens with one attached hydrogen (secondary N) is 1. The van der Waals surface area contributed by atoms with E-state index in [4.69, 9.17) is 37.4 Å². The first-order valence-corrected chi connectivity index (χ1v) is 7.48. The number of aromatic amines is 1. The average Bonchev–Trinajstić information content (AvgIpc) is 2.97. The number of aromatic nitrogens is 2. The summed E-state index contributed by atoms with van der Waals surface area (Å²) in [6.07, 6.45) is 0. The molecule has 0 fully saturated rings. The van der Waals surface area contributed by atoms with E-state index < -0.39 is 0 Å². The van der Waals surface area contributed by atoms with Gasteiger partial charge in [0.15, 0.2) is 11.5 Å². The summed E-state index contributed by atoms with van der Waals surface area (Å²) in [5.41, 5.74) is 2.29. The van der Waals surface area contributed by atoms with E-state index in [1.807, 2.05) is 18.2 Å². The highest BCUT2D eigenvalue weighted by Crippen LogP contribution is 2.45. The molecule has 0 saturated carbocycles. The van der Waals surface area contributed by atoms with Gasteiger partial charge in [-0.15, -0.1) is 0 Å². The van der Waals surface area contributed by atoms with Crippen LogP contribution < -0.4 is 14.2 Å². The van der Waals surface area contributed by atoms with Crippen molar-refractivity contribution in [2.45, 2.75) is 0 Å². The van der Waals surface area contributed by atoms with Crippen LogP contribution in [-0.2, 0) is 0 Å². The summed E-state index contributed by atoms with van der Waals surface area (Å²) in [7, 11) is 4.65. The fourth-order valence-corrected chi connectivity index (χ4v) is 3.08. The van der Waals surface area contributed by atoms with Crippen LogP contribution >= 0.6 is 23.2 Å². The Morgan fingerprint density at radius 2 is 1.70 bits per heavy atom. The second-order valence-electron chi connectivity index (χ2n) is 4.75. The minimum Gasteiger partial charge on any atom is -0.497 e. The molecule has 0 saturated heterocycles. The molecule has 120 valence electrons. The summed E-state index contributed by atoms with van der Waals surface area (Å²) in [4.78, 5) is 7.78. The number of methoxy groups -OCH3 is 3. The van der Waals surface area contributed by atoms with E-state index in [-0.39, 0.29) is 0 Å². The summed E-state index contributed by atoms with van der Waals surface area (Å²) in [5.74, 6) is 2.15. The van der Waals surface area contributed by atoms with Crippen LogP contribution in [0.25, 0.3) is 22.4 Å². The molecule has 1 N–H and O–H groups in total. The SMILES string of the molecule is COc1ccc2nc(-c3cc(Cl)c(OC)c(Cl)c3OC)[nH]c2c1. The molecule has 3 rings (SSSR count). The molecule has 0 bridgehead atoms. The summed E-state index contributed by atoms with van der Waals surface area (Å²) < 4.78 is 15.8. The molecule has 1 aromatic heterocycles. The molecule has 0 unspecified atom stereocenters. The highest BCUT2D eigenvalue weighted by molar-refractivity contribution is 6.38. The molecule has 0 aliphatic rings. The fourth-order valence-electron chi connectivity index (χ4n) is 2.39. The zero-order valence-corrected chi connectivity index (χ0v) is 14.2. The van der Waals surface area contributed by atoms with Crippen LogP contribution in [0, 0.1) is 0 Å². The third-order valence-corrected chi connectivity index (χ3v) is 4.11. The minimum absolute atomic E-state index is 0.301. The molecule has 3 aromatic rings. The third kappa shape index (κ3) is 2.66. The lowest BCUT2D eigenvalue weighted by molar-refractivity contribution is 0.396. The van der Waals surface area contributed by atoms with Crippen molar-refractivity contribution >= 4 is 34.2 Å². The van der Waals surface area contributed by atoms with Crippen LogP contribution in [0.2, 0.25) is 10.0 Å². The van der Waals surface area contributed by atoms with E-state index in [9.17, 15) is 0 Å². The average molecular weight is 353 g/mol. The van der Waals surface area contributed by atoms with Crippen molar-refractivity contribution in [3.63, 3.8) is 0 Å². The molecule has 1 heterocycles. The summed E-state index contributed by atoms with van der Waals surface area (Å²) in [5, 5.41) is 0.682. The Kier molecular flexibility index (Phi) is 4.24. The Morgan fingerprint density at radius 1 is 0.957 bits per heavy atom. The number of H-pyrrole nitrogens is 1. The van der Waals surface area contributed by atoms with Crippen molar-refractivity contribution in [2.75, 3.05) is 21.3 Å². The topological polar surface area (TPSA) is 56.4 Å². The number of hydrogen-bond acceptors (Lipinski definition) is 4. The molecule has 0 atom stereocenters. The van der Waals surface area contributed by atoms with Gasteiger partial charge in [0.25, 0.3) is 0 Å². The molecule has 0 radical (unpaired) electrons. The number of halogens is 2. The van der Waals surface area contributed by atoms with Crippen molar-refractivity contribution in [1.29, 1.82) is 0 Å². The summed E-state index contributed by atoms with van der Waals surface area (Å²) >= 11 is 12.6. The van der Waals surface area contributed by atoms with Gasteiger partial charge in [-0.3, -0.25) is 0 Å². The Balaban J connectivity index is 2.21. The number of imidazole rings is 1. The number of benzene rings is 2. The summed E-state index contributed by atoms with van der Waals surface area (Å²) in [6.45, 7) is 0. The highest BCUT2D eigenvalue weighted by atomic mass is 35.5. The molecule has 0 amide bonds. The van der Waals surface area contributed by atoms with Gasteiger partial charge < -0.3 is 19.2 Å². The van der Waals surface area contributed by atoms with Gasteiger partial charge in [-0.2, -0.15) is 0 Å². The molecule has 0 aliphatic heterocycles. The van der Waals surface area contributed by atoms with Crippen LogP contribution in [0.4, 0.5) is 0 Å². The van der Waals surface area contributed by atoms with Crippen LogP contribution in [0.15, 0.2) is 24.3 Å². The predicted octanol–water partition coefficient (Wildman–Crippen LogP) is 4.56. The normalized spacial score (nSPS) is 10.8. The zero-order chi connectivity index (χ0) is 16.6.